The van der Waals surface area contributed by atoms with Gasteiger partial charge in [0.25, 0.3) is 0 Å². The van der Waals surface area contributed by atoms with Crippen LogP contribution in [0.4, 0.5) is 0 Å². The minimum atomic E-state index is -0.933. The second-order valence-electron chi connectivity index (χ2n) is 7.28. The first-order valence-electron chi connectivity index (χ1n) is 9.42. The van der Waals surface area contributed by atoms with Gasteiger partial charge in [0.1, 0.15) is 5.82 Å². The van der Waals surface area contributed by atoms with Crippen molar-refractivity contribution in [3.05, 3.63) is 47.0 Å². The standard InChI is InChI=1S/C20H25N5O2/c1-4-25-16-10-9-13(11-14(16)19(22-25)20(26)27)23(2)12-18-21-15-7-5-6-8-17(15)24(18)3/h5-8,13H,4,9-12H2,1-3H3,(H,26,27)/t13-/m1/s1. The van der Waals surface area contributed by atoms with Crippen LogP contribution in [0, 0.1) is 0 Å². The predicted octanol–water partition coefficient (Wildman–Crippen LogP) is 2.48. The lowest BCUT2D eigenvalue weighted by Gasteiger charge is -2.31. The van der Waals surface area contributed by atoms with Crippen LogP contribution < -0.4 is 0 Å². The average Bonchev–Trinajstić information content (AvgIpc) is 3.19. The Morgan fingerprint density at radius 1 is 1.37 bits per heavy atom. The molecule has 0 bridgehead atoms. The number of aromatic nitrogens is 4. The van der Waals surface area contributed by atoms with Crippen LogP contribution in [0.1, 0.15) is 40.9 Å². The number of para-hydroxylation sites is 2. The number of nitrogens with zero attached hydrogens (tertiary/aromatic N) is 5. The summed E-state index contributed by atoms with van der Waals surface area (Å²) in [5, 5.41) is 13.8. The molecule has 1 atom stereocenters. The largest absolute Gasteiger partial charge is 0.476 e. The number of benzene rings is 1. The highest BCUT2D eigenvalue weighted by atomic mass is 16.4. The first-order chi connectivity index (χ1) is 13.0. The normalized spacial score (nSPS) is 16.8. The average molecular weight is 367 g/mol. The number of carboxylic acids is 1. The molecular formula is C20H25N5O2. The van der Waals surface area contributed by atoms with Crippen molar-refractivity contribution in [1.29, 1.82) is 0 Å². The summed E-state index contributed by atoms with van der Waals surface area (Å²) in [6.07, 6.45) is 2.58. The summed E-state index contributed by atoms with van der Waals surface area (Å²) in [4.78, 5) is 18.7. The Kier molecular flexibility index (Phi) is 4.47. The maximum atomic E-state index is 11.6. The van der Waals surface area contributed by atoms with Gasteiger partial charge < -0.3 is 9.67 Å². The quantitative estimate of drug-likeness (QED) is 0.750. The van der Waals surface area contributed by atoms with E-state index in [4.69, 9.17) is 4.98 Å². The molecule has 27 heavy (non-hydrogen) atoms. The van der Waals surface area contributed by atoms with Gasteiger partial charge in [-0.05, 0) is 45.4 Å². The molecule has 1 N–H and O–H groups in total. The molecule has 2 aromatic heterocycles. The monoisotopic (exact) mass is 367 g/mol. The molecule has 0 saturated heterocycles. The van der Waals surface area contributed by atoms with Gasteiger partial charge >= 0.3 is 5.97 Å². The highest BCUT2D eigenvalue weighted by Crippen LogP contribution is 2.28. The minimum absolute atomic E-state index is 0.215. The van der Waals surface area contributed by atoms with Gasteiger partial charge in [-0.2, -0.15) is 5.10 Å². The third-order valence-corrected chi connectivity index (χ3v) is 5.72. The fraction of sp³-hybridized carbons (Fsp3) is 0.450. The smallest absolute Gasteiger partial charge is 0.356 e. The molecule has 2 heterocycles. The second kappa shape index (κ2) is 6.81. The molecule has 1 aliphatic carbocycles. The third-order valence-electron chi connectivity index (χ3n) is 5.72. The topological polar surface area (TPSA) is 76.2 Å². The Bertz CT molecular complexity index is 1000. The van der Waals surface area contributed by atoms with E-state index >= 15 is 0 Å². The molecule has 0 spiro atoms. The summed E-state index contributed by atoms with van der Waals surface area (Å²) >= 11 is 0. The Balaban J connectivity index is 1.57. The fourth-order valence-corrected chi connectivity index (χ4v) is 4.17. The van der Waals surface area contributed by atoms with Gasteiger partial charge in [-0.3, -0.25) is 9.58 Å². The SMILES string of the molecule is CCn1nc(C(=O)O)c2c1CC[C@@H](N(C)Cc1nc3ccccc3n1C)C2. The van der Waals surface area contributed by atoms with E-state index in [0.717, 1.165) is 53.9 Å². The Morgan fingerprint density at radius 3 is 2.85 bits per heavy atom. The molecule has 0 amide bonds. The molecular weight excluding hydrogens is 342 g/mol. The predicted molar refractivity (Wildman–Crippen MR) is 103 cm³/mol. The summed E-state index contributed by atoms with van der Waals surface area (Å²) in [6.45, 7) is 3.44. The van der Waals surface area contributed by atoms with Crippen molar-refractivity contribution in [1.82, 2.24) is 24.2 Å². The van der Waals surface area contributed by atoms with E-state index in [2.05, 4.69) is 27.7 Å². The second-order valence-corrected chi connectivity index (χ2v) is 7.28. The van der Waals surface area contributed by atoms with Crippen LogP contribution in [-0.2, 0) is 33.0 Å². The first-order valence-corrected chi connectivity index (χ1v) is 9.42. The number of carboxylic acid groups (broad SMARTS) is 1. The molecule has 3 aromatic rings. The zero-order chi connectivity index (χ0) is 19.1. The third kappa shape index (κ3) is 3.02. The number of rotatable bonds is 5. The number of carbonyl (C=O) groups is 1. The van der Waals surface area contributed by atoms with Crippen molar-refractivity contribution in [3.63, 3.8) is 0 Å². The van der Waals surface area contributed by atoms with E-state index in [-0.39, 0.29) is 11.7 Å². The zero-order valence-electron chi connectivity index (χ0n) is 16.0. The van der Waals surface area contributed by atoms with E-state index in [9.17, 15) is 9.90 Å². The van der Waals surface area contributed by atoms with Crippen LogP contribution in [0.2, 0.25) is 0 Å². The van der Waals surface area contributed by atoms with Crippen LogP contribution in [-0.4, -0.2) is 48.4 Å². The van der Waals surface area contributed by atoms with Gasteiger partial charge in [-0.25, -0.2) is 9.78 Å². The summed E-state index contributed by atoms with van der Waals surface area (Å²) in [6, 6.07) is 8.43. The highest BCUT2D eigenvalue weighted by molar-refractivity contribution is 5.87. The number of hydrogen-bond donors (Lipinski definition) is 1. The molecule has 0 unspecified atom stereocenters. The van der Waals surface area contributed by atoms with Gasteiger partial charge in [0.15, 0.2) is 5.69 Å². The van der Waals surface area contributed by atoms with Crippen LogP contribution in [0.25, 0.3) is 11.0 Å². The van der Waals surface area contributed by atoms with E-state index in [0.29, 0.717) is 6.54 Å². The molecule has 0 fully saturated rings. The zero-order valence-corrected chi connectivity index (χ0v) is 16.0. The lowest BCUT2D eigenvalue weighted by atomic mass is 9.90. The molecule has 0 radical (unpaired) electrons. The van der Waals surface area contributed by atoms with E-state index < -0.39 is 5.97 Å². The van der Waals surface area contributed by atoms with E-state index in [1.54, 1.807) is 0 Å². The molecule has 1 aliphatic rings. The van der Waals surface area contributed by atoms with Crippen LogP contribution in [0.15, 0.2) is 24.3 Å². The van der Waals surface area contributed by atoms with Crippen LogP contribution >= 0.6 is 0 Å². The van der Waals surface area contributed by atoms with Gasteiger partial charge in [0.2, 0.25) is 0 Å². The highest BCUT2D eigenvalue weighted by Gasteiger charge is 2.30. The Hall–Kier alpha value is -2.67. The van der Waals surface area contributed by atoms with E-state index in [1.165, 1.54) is 0 Å². The Morgan fingerprint density at radius 2 is 2.15 bits per heavy atom. The van der Waals surface area contributed by atoms with Crippen molar-refractivity contribution < 1.29 is 9.90 Å². The summed E-state index contributed by atoms with van der Waals surface area (Å²) in [5.74, 6) is 0.0873. The maximum absolute atomic E-state index is 11.6. The molecule has 4 rings (SSSR count). The maximum Gasteiger partial charge on any atom is 0.356 e. The van der Waals surface area contributed by atoms with Crippen molar-refractivity contribution in [2.24, 2.45) is 7.05 Å². The van der Waals surface area contributed by atoms with Crippen molar-refractivity contribution in [2.75, 3.05) is 7.05 Å². The number of aromatic carboxylic acids is 1. The van der Waals surface area contributed by atoms with Crippen molar-refractivity contribution in [3.8, 4) is 0 Å². The van der Waals surface area contributed by atoms with Crippen molar-refractivity contribution >= 4 is 17.0 Å². The number of fused-ring (bicyclic) bond motifs is 2. The summed E-state index contributed by atoms with van der Waals surface area (Å²) in [7, 11) is 4.14. The molecule has 142 valence electrons. The van der Waals surface area contributed by atoms with Gasteiger partial charge in [-0.1, -0.05) is 12.1 Å². The molecule has 1 aromatic carbocycles. The summed E-state index contributed by atoms with van der Waals surface area (Å²) < 4.78 is 3.98. The first kappa shape index (κ1) is 17.7. The van der Waals surface area contributed by atoms with Gasteiger partial charge in [0.05, 0.1) is 17.6 Å². The number of aryl methyl sites for hydroxylation is 2. The Labute approximate surface area is 158 Å². The van der Waals surface area contributed by atoms with Crippen molar-refractivity contribution in [2.45, 2.75) is 45.3 Å². The minimum Gasteiger partial charge on any atom is -0.476 e. The molecule has 7 heteroatoms. The molecule has 0 saturated carbocycles. The number of imidazole rings is 1. The number of likely N-dealkylation sites (N-methyl/N-ethyl adjacent to an activating group) is 1. The lowest BCUT2D eigenvalue weighted by Crippen LogP contribution is -2.37. The fourth-order valence-electron chi connectivity index (χ4n) is 4.17. The van der Waals surface area contributed by atoms with E-state index in [1.807, 2.05) is 36.9 Å². The number of hydrogen-bond acceptors (Lipinski definition) is 4. The lowest BCUT2D eigenvalue weighted by molar-refractivity contribution is 0.0687. The van der Waals surface area contributed by atoms with Crippen LogP contribution in [0.5, 0.6) is 0 Å². The molecule has 0 aliphatic heterocycles. The molecule has 7 nitrogen and oxygen atoms in total. The van der Waals surface area contributed by atoms with Gasteiger partial charge in [0, 0.05) is 30.9 Å². The van der Waals surface area contributed by atoms with Crippen LogP contribution in [0.3, 0.4) is 0 Å². The summed E-state index contributed by atoms with van der Waals surface area (Å²) in [5.41, 5.74) is 4.34. The van der Waals surface area contributed by atoms with Gasteiger partial charge in [-0.15, -0.1) is 0 Å².